The van der Waals surface area contributed by atoms with Gasteiger partial charge in [-0.25, -0.2) is 4.98 Å². The minimum Gasteiger partial charge on any atom is -0.321 e. The molecular formula is C35H27ClN4O3S. The number of rotatable bonds is 10. The maximum Gasteiger partial charge on any atom is 0.272 e. The van der Waals surface area contributed by atoms with E-state index in [1.807, 2.05) is 54.6 Å². The van der Waals surface area contributed by atoms with Crippen LogP contribution < -0.4 is 16.0 Å². The number of anilines is 2. The van der Waals surface area contributed by atoms with Crippen molar-refractivity contribution in [2.75, 3.05) is 10.6 Å². The molecule has 5 aromatic rings. The van der Waals surface area contributed by atoms with Gasteiger partial charge in [-0.1, -0.05) is 78.3 Å². The predicted octanol–water partition coefficient (Wildman–Crippen LogP) is 7.62. The van der Waals surface area contributed by atoms with Crippen molar-refractivity contribution in [3.05, 3.63) is 161 Å². The van der Waals surface area contributed by atoms with Crippen LogP contribution in [0.5, 0.6) is 0 Å². The number of pyridine rings is 1. The molecule has 7 nitrogen and oxygen atoms in total. The predicted molar refractivity (Wildman–Crippen MR) is 176 cm³/mol. The topological polar surface area (TPSA) is 100 Å². The van der Waals surface area contributed by atoms with E-state index in [1.54, 1.807) is 85.1 Å². The van der Waals surface area contributed by atoms with Gasteiger partial charge >= 0.3 is 0 Å². The Bertz CT molecular complexity index is 1750. The summed E-state index contributed by atoms with van der Waals surface area (Å²) in [4.78, 5) is 44.6. The molecule has 3 N–H and O–H groups in total. The first-order valence-corrected chi connectivity index (χ1v) is 14.9. The smallest absolute Gasteiger partial charge is 0.272 e. The van der Waals surface area contributed by atoms with Gasteiger partial charge in [0.25, 0.3) is 11.8 Å². The van der Waals surface area contributed by atoms with Crippen LogP contribution in [-0.2, 0) is 9.59 Å². The molecule has 0 radical (unpaired) electrons. The molecule has 3 amide bonds. The third kappa shape index (κ3) is 8.44. The van der Waals surface area contributed by atoms with E-state index in [4.69, 9.17) is 11.6 Å². The monoisotopic (exact) mass is 618 g/mol. The standard InChI is InChI=1S/C35H27ClN4O3S/c36-27-16-14-24(15-17-27)23-30(39-33(41)26-11-5-2-6-12-26)34(42)38-28-18-20-29(21-19-28)44-32(25-9-3-1-4-10-25)35(43)40-31-13-7-8-22-37-31/h1-23,32H,(H,38,42)(H,39,41)(H,37,40,43)/b30-23-. The highest BCUT2D eigenvalue weighted by Crippen LogP contribution is 2.36. The normalized spacial score (nSPS) is 11.7. The highest BCUT2D eigenvalue weighted by Gasteiger charge is 2.23. The number of carbonyl (C=O) groups excluding carboxylic acids is 3. The highest BCUT2D eigenvalue weighted by molar-refractivity contribution is 8.00. The van der Waals surface area contributed by atoms with Gasteiger partial charge in [-0.05, 0) is 77.9 Å². The Kier molecular flexibility index (Phi) is 10.2. The number of nitrogens with one attached hydrogen (secondary N) is 3. The zero-order chi connectivity index (χ0) is 30.7. The van der Waals surface area contributed by atoms with Gasteiger partial charge < -0.3 is 16.0 Å². The molecule has 0 saturated carbocycles. The Morgan fingerprint density at radius 1 is 0.727 bits per heavy atom. The number of amides is 3. The molecule has 1 atom stereocenters. The summed E-state index contributed by atoms with van der Waals surface area (Å²) in [6.45, 7) is 0. The second kappa shape index (κ2) is 14.8. The molecule has 218 valence electrons. The minimum atomic E-state index is -0.541. The Morgan fingerprint density at radius 2 is 1.39 bits per heavy atom. The fourth-order valence-electron chi connectivity index (χ4n) is 4.15. The van der Waals surface area contributed by atoms with Gasteiger partial charge in [0, 0.05) is 27.4 Å². The van der Waals surface area contributed by atoms with E-state index in [1.165, 1.54) is 11.8 Å². The van der Waals surface area contributed by atoms with Crippen molar-refractivity contribution < 1.29 is 14.4 Å². The van der Waals surface area contributed by atoms with Gasteiger partial charge in [0.05, 0.1) is 0 Å². The maximum absolute atomic E-state index is 13.4. The number of nitrogens with zero attached hydrogens (tertiary/aromatic N) is 1. The lowest BCUT2D eigenvalue weighted by atomic mass is 10.1. The molecule has 4 aromatic carbocycles. The van der Waals surface area contributed by atoms with Crippen LogP contribution >= 0.6 is 23.4 Å². The quantitative estimate of drug-likeness (QED) is 0.110. The lowest BCUT2D eigenvalue weighted by Gasteiger charge is -2.17. The molecule has 0 aliphatic heterocycles. The summed E-state index contributed by atoms with van der Waals surface area (Å²) in [7, 11) is 0. The number of aromatic nitrogens is 1. The van der Waals surface area contributed by atoms with Crippen LogP contribution in [0.4, 0.5) is 11.5 Å². The minimum absolute atomic E-state index is 0.0648. The molecule has 1 aromatic heterocycles. The first kappa shape index (κ1) is 30.3. The summed E-state index contributed by atoms with van der Waals surface area (Å²) >= 11 is 7.40. The van der Waals surface area contributed by atoms with Crippen LogP contribution in [0.25, 0.3) is 6.08 Å². The Balaban J connectivity index is 1.32. The van der Waals surface area contributed by atoms with Crippen molar-refractivity contribution in [2.45, 2.75) is 10.1 Å². The van der Waals surface area contributed by atoms with E-state index in [2.05, 4.69) is 20.9 Å². The van der Waals surface area contributed by atoms with Crippen molar-refractivity contribution in [2.24, 2.45) is 0 Å². The maximum atomic E-state index is 13.4. The molecule has 0 aliphatic rings. The van der Waals surface area contributed by atoms with Gasteiger partial charge in [0.15, 0.2) is 0 Å². The van der Waals surface area contributed by atoms with Gasteiger partial charge in [-0.15, -0.1) is 11.8 Å². The first-order valence-electron chi connectivity index (χ1n) is 13.6. The largest absolute Gasteiger partial charge is 0.321 e. The average molecular weight is 619 g/mol. The first-order chi connectivity index (χ1) is 21.4. The zero-order valence-electron chi connectivity index (χ0n) is 23.3. The Morgan fingerprint density at radius 3 is 2.05 bits per heavy atom. The summed E-state index contributed by atoms with van der Waals surface area (Å²) in [5.74, 6) is -0.646. The van der Waals surface area contributed by atoms with E-state index in [0.717, 1.165) is 10.5 Å². The third-order valence-electron chi connectivity index (χ3n) is 6.33. The lowest BCUT2D eigenvalue weighted by molar-refractivity contribution is -0.116. The molecule has 0 fully saturated rings. The highest BCUT2D eigenvalue weighted by atomic mass is 35.5. The van der Waals surface area contributed by atoms with Gasteiger partial charge in [0.1, 0.15) is 16.8 Å². The van der Waals surface area contributed by atoms with E-state index in [0.29, 0.717) is 27.7 Å². The van der Waals surface area contributed by atoms with Gasteiger partial charge in [0.2, 0.25) is 5.91 Å². The van der Waals surface area contributed by atoms with Gasteiger partial charge in [-0.2, -0.15) is 0 Å². The van der Waals surface area contributed by atoms with Crippen LogP contribution in [0.3, 0.4) is 0 Å². The summed E-state index contributed by atoms with van der Waals surface area (Å²) in [6, 6.07) is 37.5. The summed E-state index contributed by atoms with van der Waals surface area (Å²) in [5, 5.41) is 8.48. The molecule has 0 saturated heterocycles. The average Bonchev–Trinajstić information content (AvgIpc) is 3.06. The zero-order valence-corrected chi connectivity index (χ0v) is 24.9. The third-order valence-corrected chi connectivity index (χ3v) is 7.85. The molecule has 5 rings (SSSR count). The second-order valence-corrected chi connectivity index (χ2v) is 11.1. The molecule has 1 unspecified atom stereocenters. The number of hydrogen-bond acceptors (Lipinski definition) is 5. The Hall–Kier alpha value is -5.18. The number of halogens is 1. The second-order valence-electron chi connectivity index (χ2n) is 9.52. The number of carbonyl (C=O) groups is 3. The fraction of sp³-hybridized carbons (Fsp3) is 0.0286. The molecule has 0 bridgehead atoms. The van der Waals surface area contributed by atoms with Crippen molar-refractivity contribution in [3.63, 3.8) is 0 Å². The van der Waals surface area contributed by atoms with Crippen molar-refractivity contribution in [1.29, 1.82) is 0 Å². The SMILES string of the molecule is O=C(Nc1ccc(SC(C(=O)Nc2ccccn2)c2ccccc2)cc1)/C(=C/c1ccc(Cl)cc1)NC(=O)c1ccccc1. The van der Waals surface area contributed by atoms with Crippen LogP contribution in [-0.4, -0.2) is 22.7 Å². The lowest BCUT2D eigenvalue weighted by Crippen LogP contribution is -2.30. The summed E-state index contributed by atoms with van der Waals surface area (Å²) in [5.41, 5.74) is 2.54. The van der Waals surface area contributed by atoms with E-state index in [-0.39, 0.29) is 11.6 Å². The molecule has 1 heterocycles. The summed E-state index contributed by atoms with van der Waals surface area (Å²) < 4.78 is 0. The van der Waals surface area contributed by atoms with E-state index >= 15 is 0 Å². The number of benzene rings is 4. The summed E-state index contributed by atoms with van der Waals surface area (Å²) in [6.07, 6.45) is 3.21. The molecule has 44 heavy (non-hydrogen) atoms. The van der Waals surface area contributed by atoms with Crippen molar-refractivity contribution in [1.82, 2.24) is 10.3 Å². The van der Waals surface area contributed by atoms with Crippen LogP contribution in [0.15, 0.2) is 144 Å². The van der Waals surface area contributed by atoms with Crippen molar-refractivity contribution in [3.8, 4) is 0 Å². The number of thioether (sulfide) groups is 1. The van der Waals surface area contributed by atoms with Crippen LogP contribution in [0, 0.1) is 0 Å². The molecule has 9 heteroatoms. The van der Waals surface area contributed by atoms with E-state index in [9.17, 15) is 14.4 Å². The Labute approximate surface area is 264 Å². The van der Waals surface area contributed by atoms with Crippen LogP contribution in [0.1, 0.15) is 26.7 Å². The molecular weight excluding hydrogens is 592 g/mol. The van der Waals surface area contributed by atoms with Crippen molar-refractivity contribution >= 4 is 58.7 Å². The van der Waals surface area contributed by atoms with E-state index < -0.39 is 17.1 Å². The van der Waals surface area contributed by atoms with Gasteiger partial charge in [-0.3, -0.25) is 14.4 Å². The molecule has 0 spiro atoms. The fourth-order valence-corrected chi connectivity index (χ4v) is 5.30. The molecule has 0 aliphatic carbocycles. The number of hydrogen-bond donors (Lipinski definition) is 3. The van der Waals surface area contributed by atoms with Crippen LogP contribution in [0.2, 0.25) is 5.02 Å².